The van der Waals surface area contributed by atoms with Crippen molar-refractivity contribution in [1.29, 1.82) is 0 Å². The van der Waals surface area contributed by atoms with Gasteiger partial charge in [0.2, 0.25) is 0 Å². The summed E-state index contributed by atoms with van der Waals surface area (Å²) in [4.78, 5) is 10.4. The van der Waals surface area contributed by atoms with E-state index in [1.165, 1.54) is 19.2 Å². The van der Waals surface area contributed by atoms with Crippen LogP contribution in [0.3, 0.4) is 0 Å². The number of rotatable bonds is 5. The average Bonchev–Trinajstić information content (AvgIpc) is 2.46. The van der Waals surface area contributed by atoms with Crippen LogP contribution in [-0.2, 0) is 6.54 Å². The van der Waals surface area contributed by atoms with Crippen LogP contribution >= 0.6 is 0 Å². The highest BCUT2D eigenvalue weighted by molar-refractivity contribution is 5.56. The van der Waals surface area contributed by atoms with Crippen LogP contribution < -0.4 is 10.1 Å². The Labute approximate surface area is 115 Å². The zero-order chi connectivity index (χ0) is 14.5. The summed E-state index contributed by atoms with van der Waals surface area (Å²) >= 11 is 0. The van der Waals surface area contributed by atoms with Crippen LogP contribution in [0.2, 0.25) is 0 Å². The second kappa shape index (κ2) is 5.92. The van der Waals surface area contributed by atoms with E-state index in [4.69, 9.17) is 4.74 Å². The molecule has 0 aliphatic carbocycles. The molecular formula is C14H14N2O4. The molecule has 0 aliphatic heterocycles. The summed E-state index contributed by atoms with van der Waals surface area (Å²) in [6, 6.07) is 11.2. The van der Waals surface area contributed by atoms with Gasteiger partial charge in [-0.2, -0.15) is 0 Å². The zero-order valence-electron chi connectivity index (χ0n) is 10.9. The summed E-state index contributed by atoms with van der Waals surface area (Å²) in [5.74, 6) is 0.623. The predicted molar refractivity (Wildman–Crippen MR) is 75.1 cm³/mol. The van der Waals surface area contributed by atoms with Crippen molar-refractivity contribution in [2.45, 2.75) is 6.54 Å². The average molecular weight is 274 g/mol. The number of phenolic OH excluding ortho intramolecular Hbond substituents is 1. The highest BCUT2D eigenvalue weighted by atomic mass is 16.6. The maximum atomic E-state index is 10.8. The molecule has 2 N–H and O–H groups in total. The first-order valence-electron chi connectivity index (χ1n) is 5.94. The van der Waals surface area contributed by atoms with E-state index in [1.54, 1.807) is 30.3 Å². The summed E-state index contributed by atoms with van der Waals surface area (Å²) in [6.07, 6.45) is 0. The Morgan fingerprint density at radius 1 is 1.25 bits per heavy atom. The number of nitro benzene ring substituents is 1. The fraction of sp³-hybridized carbons (Fsp3) is 0.143. The van der Waals surface area contributed by atoms with Gasteiger partial charge in [0.15, 0.2) is 0 Å². The van der Waals surface area contributed by atoms with E-state index >= 15 is 0 Å². The number of hydrogen-bond donors (Lipinski definition) is 2. The summed E-state index contributed by atoms with van der Waals surface area (Å²) in [7, 11) is 1.46. The Bertz CT molecular complexity index is 611. The van der Waals surface area contributed by atoms with Crippen LogP contribution in [0.4, 0.5) is 11.4 Å². The molecule has 0 atom stereocenters. The van der Waals surface area contributed by atoms with Gasteiger partial charge in [0.25, 0.3) is 5.69 Å². The molecule has 0 aliphatic rings. The molecule has 0 unspecified atom stereocenters. The van der Waals surface area contributed by atoms with Crippen LogP contribution in [-0.4, -0.2) is 17.1 Å². The summed E-state index contributed by atoms with van der Waals surface area (Å²) in [6.45, 7) is 0.491. The molecule has 6 heteroatoms. The number of methoxy groups -OCH3 is 1. The van der Waals surface area contributed by atoms with Crippen molar-refractivity contribution >= 4 is 11.4 Å². The van der Waals surface area contributed by atoms with Crippen molar-refractivity contribution in [1.82, 2.24) is 0 Å². The smallest absolute Gasteiger partial charge is 0.275 e. The van der Waals surface area contributed by atoms with E-state index in [-0.39, 0.29) is 11.4 Å². The van der Waals surface area contributed by atoms with Gasteiger partial charge < -0.3 is 15.2 Å². The number of non-ortho nitro benzene ring substituents is 1. The highest BCUT2D eigenvalue weighted by Gasteiger charge is 2.10. The highest BCUT2D eigenvalue weighted by Crippen LogP contribution is 2.26. The second-order valence-corrected chi connectivity index (χ2v) is 4.20. The van der Waals surface area contributed by atoms with Crippen LogP contribution in [0.5, 0.6) is 11.5 Å². The third-order valence-corrected chi connectivity index (χ3v) is 2.77. The monoisotopic (exact) mass is 274 g/mol. The van der Waals surface area contributed by atoms with Gasteiger partial charge in [0.1, 0.15) is 11.5 Å². The number of benzene rings is 2. The van der Waals surface area contributed by atoms with Gasteiger partial charge in [-0.25, -0.2) is 0 Å². The normalized spacial score (nSPS) is 10.1. The van der Waals surface area contributed by atoms with E-state index in [0.29, 0.717) is 18.0 Å². The van der Waals surface area contributed by atoms with Crippen LogP contribution in [0.15, 0.2) is 42.5 Å². The van der Waals surface area contributed by atoms with E-state index in [0.717, 1.165) is 5.56 Å². The van der Waals surface area contributed by atoms with Crippen molar-refractivity contribution < 1.29 is 14.8 Å². The molecule has 0 saturated carbocycles. The predicted octanol–water partition coefficient (Wildman–Crippen LogP) is 2.92. The third-order valence-electron chi connectivity index (χ3n) is 2.77. The molecule has 6 nitrogen and oxygen atoms in total. The molecule has 0 aromatic heterocycles. The molecule has 0 fully saturated rings. The molecule has 20 heavy (non-hydrogen) atoms. The van der Waals surface area contributed by atoms with Gasteiger partial charge in [-0.15, -0.1) is 0 Å². The molecule has 0 radical (unpaired) electrons. The fourth-order valence-electron chi connectivity index (χ4n) is 1.73. The SMILES string of the molecule is COc1cc(NCc2ccc(O)cc2)cc([N+](=O)[O-])c1. The van der Waals surface area contributed by atoms with Crippen LogP contribution in [0.25, 0.3) is 0 Å². The largest absolute Gasteiger partial charge is 0.508 e. The van der Waals surface area contributed by atoms with Crippen molar-refractivity contribution in [2.24, 2.45) is 0 Å². The van der Waals surface area contributed by atoms with E-state index in [9.17, 15) is 15.2 Å². The van der Waals surface area contributed by atoms with Crippen LogP contribution in [0.1, 0.15) is 5.56 Å². The molecule has 2 aromatic rings. The lowest BCUT2D eigenvalue weighted by atomic mass is 10.2. The van der Waals surface area contributed by atoms with Gasteiger partial charge in [0, 0.05) is 24.4 Å². The molecule has 2 rings (SSSR count). The lowest BCUT2D eigenvalue weighted by Crippen LogP contribution is -2.00. The Morgan fingerprint density at radius 3 is 2.55 bits per heavy atom. The Balaban J connectivity index is 2.14. The van der Waals surface area contributed by atoms with Gasteiger partial charge in [-0.1, -0.05) is 12.1 Å². The number of nitrogens with zero attached hydrogens (tertiary/aromatic N) is 1. The van der Waals surface area contributed by atoms with Crippen LogP contribution in [0, 0.1) is 10.1 Å². The molecule has 0 amide bonds. The maximum absolute atomic E-state index is 10.8. The number of nitro groups is 1. The lowest BCUT2D eigenvalue weighted by molar-refractivity contribution is -0.384. The molecular weight excluding hydrogens is 260 g/mol. The van der Waals surface area contributed by atoms with E-state index in [2.05, 4.69) is 5.32 Å². The first-order valence-corrected chi connectivity index (χ1v) is 5.94. The Kier molecular flexibility index (Phi) is 4.05. The van der Waals surface area contributed by atoms with Gasteiger partial charge >= 0.3 is 0 Å². The van der Waals surface area contributed by atoms with Gasteiger partial charge in [-0.05, 0) is 17.7 Å². The van der Waals surface area contributed by atoms with Gasteiger partial charge in [-0.3, -0.25) is 10.1 Å². The minimum Gasteiger partial charge on any atom is -0.508 e. The zero-order valence-corrected chi connectivity index (χ0v) is 10.9. The molecule has 0 saturated heterocycles. The minimum absolute atomic E-state index is 0.0300. The van der Waals surface area contributed by atoms with Crippen molar-refractivity contribution in [3.8, 4) is 11.5 Å². The van der Waals surface area contributed by atoms with Gasteiger partial charge in [0.05, 0.1) is 18.1 Å². The number of aromatic hydroxyl groups is 1. The lowest BCUT2D eigenvalue weighted by Gasteiger charge is -2.08. The third kappa shape index (κ3) is 3.38. The molecule has 104 valence electrons. The fourth-order valence-corrected chi connectivity index (χ4v) is 1.73. The van der Waals surface area contributed by atoms with E-state index in [1.807, 2.05) is 0 Å². The molecule has 0 heterocycles. The standard InChI is InChI=1S/C14H14N2O4/c1-20-14-7-11(6-12(8-14)16(18)19)15-9-10-2-4-13(17)5-3-10/h2-8,15,17H,9H2,1H3. The summed E-state index contributed by atoms with van der Waals surface area (Å²) in [5, 5.41) is 23.1. The topological polar surface area (TPSA) is 84.6 Å². The maximum Gasteiger partial charge on any atom is 0.275 e. The van der Waals surface area contributed by atoms with Crippen molar-refractivity contribution in [3.05, 3.63) is 58.1 Å². The van der Waals surface area contributed by atoms with E-state index < -0.39 is 4.92 Å². The Morgan fingerprint density at radius 2 is 1.95 bits per heavy atom. The summed E-state index contributed by atoms with van der Waals surface area (Å²) in [5.41, 5.74) is 1.52. The molecule has 2 aromatic carbocycles. The first-order chi connectivity index (χ1) is 9.58. The minimum atomic E-state index is -0.464. The van der Waals surface area contributed by atoms with Crippen molar-refractivity contribution in [3.63, 3.8) is 0 Å². The molecule has 0 spiro atoms. The Hall–Kier alpha value is -2.76. The number of anilines is 1. The number of nitrogens with one attached hydrogen (secondary N) is 1. The second-order valence-electron chi connectivity index (χ2n) is 4.20. The number of ether oxygens (including phenoxy) is 1. The number of phenols is 1. The molecule has 0 bridgehead atoms. The summed E-state index contributed by atoms with van der Waals surface area (Å²) < 4.78 is 5.04. The van der Waals surface area contributed by atoms with Crippen molar-refractivity contribution in [2.75, 3.05) is 12.4 Å². The number of hydrogen-bond acceptors (Lipinski definition) is 5. The quantitative estimate of drug-likeness (QED) is 0.646. The first kappa shape index (κ1) is 13.7.